The maximum atomic E-state index is 14.1. The lowest BCUT2D eigenvalue weighted by Crippen LogP contribution is -2.14. The third-order valence-corrected chi connectivity index (χ3v) is 6.19. The maximum Gasteiger partial charge on any atom is 0.377 e. The van der Waals surface area contributed by atoms with Gasteiger partial charge < -0.3 is 9.05 Å². The first kappa shape index (κ1) is 15.5. The van der Waals surface area contributed by atoms with Crippen LogP contribution in [0, 0.1) is 0 Å². The van der Waals surface area contributed by atoms with Crippen LogP contribution in [-0.4, -0.2) is 22.7 Å². The molecule has 1 aromatic carbocycles. The Hall–Kier alpha value is -0.550. The summed E-state index contributed by atoms with van der Waals surface area (Å²) in [5.41, 5.74) is 0. The van der Waals surface area contributed by atoms with Crippen LogP contribution in [0.1, 0.15) is 13.8 Å². The van der Waals surface area contributed by atoms with Gasteiger partial charge in [-0.05, 0) is 26.0 Å². The Bertz CT molecular complexity index is 430. The minimum absolute atomic E-state index is 0.0314. The van der Waals surface area contributed by atoms with Crippen LogP contribution in [0.3, 0.4) is 0 Å². The van der Waals surface area contributed by atoms with Crippen LogP contribution in [0.25, 0.3) is 0 Å². The van der Waals surface area contributed by atoms with Crippen LogP contribution in [0.5, 0.6) is 0 Å². The van der Waals surface area contributed by atoms with Crippen LogP contribution in [-0.2, 0) is 24.4 Å². The van der Waals surface area contributed by atoms with Crippen molar-refractivity contribution in [1.82, 2.24) is 0 Å². The van der Waals surface area contributed by atoms with Crippen LogP contribution < -0.4 is 0 Å². The largest absolute Gasteiger partial charge is 0.377 e. The molecule has 0 heterocycles. The predicted molar refractivity (Wildman–Crippen MR) is 68.6 cm³/mol. The average Bonchev–Trinajstić information content (AvgIpc) is 2.38. The number of halogens is 1. The second-order valence-electron chi connectivity index (χ2n) is 3.28. The maximum absolute atomic E-state index is 14.1. The molecule has 0 saturated heterocycles. The molecule has 0 N–H and O–H groups in total. The van der Waals surface area contributed by atoms with Crippen molar-refractivity contribution in [1.29, 1.82) is 0 Å². The van der Waals surface area contributed by atoms with Crippen LogP contribution in [0.15, 0.2) is 35.2 Å². The molecule has 18 heavy (non-hydrogen) atoms. The average molecular weight is 294 g/mol. The Morgan fingerprint density at radius 2 is 1.72 bits per heavy atom. The second-order valence-corrected chi connectivity index (χ2v) is 7.16. The van der Waals surface area contributed by atoms with E-state index in [1.807, 2.05) is 0 Å². The highest BCUT2D eigenvalue weighted by Crippen LogP contribution is 2.55. The molecule has 1 aromatic rings. The summed E-state index contributed by atoms with van der Waals surface area (Å²) in [6.07, 6.45) is 0. The van der Waals surface area contributed by atoms with Crippen molar-refractivity contribution in [2.24, 2.45) is 0 Å². The van der Waals surface area contributed by atoms with E-state index < -0.39 is 23.6 Å². The van der Waals surface area contributed by atoms with Crippen LogP contribution in [0.2, 0.25) is 0 Å². The van der Waals surface area contributed by atoms with Crippen molar-refractivity contribution < 1.29 is 22.2 Å². The fourth-order valence-electron chi connectivity index (χ4n) is 1.30. The van der Waals surface area contributed by atoms with E-state index in [9.17, 15) is 13.2 Å². The Balaban J connectivity index is 2.93. The number of hydrogen-bond donors (Lipinski definition) is 0. The van der Waals surface area contributed by atoms with E-state index in [4.69, 9.17) is 9.05 Å². The SMILES string of the molecule is CCOP(=O)(OCC)C(F)S(=O)c1ccccc1. The summed E-state index contributed by atoms with van der Waals surface area (Å²) in [6.45, 7) is 3.21. The molecule has 0 spiro atoms. The molecule has 0 aliphatic carbocycles. The minimum Gasteiger partial charge on any atom is -0.306 e. The van der Waals surface area contributed by atoms with E-state index in [1.165, 1.54) is 12.1 Å². The van der Waals surface area contributed by atoms with Gasteiger partial charge in [0.05, 0.1) is 13.2 Å². The molecule has 102 valence electrons. The Labute approximate surface area is 108 Å². The van der Waals surface area contributed by atoms with Gasteiger partial charge >= 0.3 is 7.60 Å². The molecule has 0 saturated carbocycles. The van der Waals surface area contributed by atoms with E-state index in [-0.39, 0.29) is 18.1 Å². The standard InChI is InChI=1S/C11H16FO4PS/c1-3-15-17(13,16-4-2)11(12)18(14)10-8-6-5-7-9-10/h5-9,11H,3-4H2,1-2H3. The third kappa shape index (κ3) is 3.72. The molecule has 0 aliphatic heterocycles. The highest BCUT2D eigenvalue weighted by atomic mass is 32.2. The second kappa shape index (κ2) is 7.14. The lowest BCUT2D eigenvalue weighted by molar-refractivity contribution is 0.204. The normalized spacial score (nSPS) is 15.3. The van der Waals surface area contributed by atoms with Crippen molar-refractivity contribution >= 4 is 18.4 Å². The summed E-state index contributed by atoms with van der Waals surface area (Å²) in [4.78, 5) is 0.254. The van der Waals surface area contributed by atoms with Gasteiger partial charge in [-0.3, -0.25) is 8.77 Å². The van der Waals surface area contributed by atoms with E-state index >= 15 is 0 Å². The first-order valence-electron chi connectivity index (χ1n) is 5.53. The number of alkyl halides is 1. The van der Waals surface area contributed by atoms with E-state index in [1.54, 1.807) is 32.0 Å². The van der Waals surface area contributed by atoms with Gasteiger partial charge in [0.25, 0.3) is 5.24 Å². The van der Waals surface area contributed by atoms with Crippen molar-refractivity contribution in [2.75, 3.05) is 13.2 Å². The van der Waals surface area contributed by atoms with Crippen molar-refractivity contribution in [3.8, 4) is 0 Å². The molecule has 0 radical (unpaired) electrons. The molecule has 1 rings (SSSR count). The third-order valence-electron chi connectivity index (χ3n) is 2.02. The van der Waals surface area contributed by atoms with Gasteiger partial charge in [-0.25, -0.2) is 4.39 Å². The number of rotatable bonds is 7. The quantitative estimate of drug-likeness (QED) is 0.724. The van der Waals surface area contributed by atoms with Gasteiger partial charge in [-0.15, -0.1) is 0 Å². The molecule has 2 atom stereocenters. The zero-order valence-electron chi connectivity index (χ0n) is 10.2. The number of hydrogen-bond acceptors (Lipinski definition) is 4. The Kier molecular flexibility index (Phi) is 6.15. The van der Waals surface area contributed by atoms with E-state index in [2.05, 4.69) is 0 Å². The van der Waals surface area contributed by atoms with Gasteiger partial charge in [0.1, 0.15) is 10.8 Å². The fraction of sp³-hybridized carbons (Fsp3) is 0.455. The van der Waals surface area contributed by atoms with Gasteiger partial charge in [-0.1, -0.05) is 18.2 Å². The molecule has 7 heteroatoms. The summed E-state index contributed by atoms with van der Waals surface area (Å²) < 4.78 is 47.8. The molecule has 0 aliphatic rings. The number of benzene rings is 1. The molecule has 0 amide bonds. The van der Waals surface area contributed by atoms with Crippen molar-refractivity contribution in [3.63, 3.8) is 0 Å². The van der Waals surface area contributed by atoms with Gasteiger partial charge in [0, 0.05) is 4.90 Å². The first-order valence-corrected chi connectivity index (χ1v) is 8.36. The summed E-state index contributed by atoms with van der Waals surface area (Å²) >= 11 is 0. The summed E-state index contributed by atoms with van der Waals surface area (Å²) in [6, 6.07) is 7.99. The molecule has 0 aromatic heterocycles. The van der Waals surface area contributed by atoms with Crippen LogP contribution in [0.4, 0.5) is 4.39 Å². The Morgan fingerprint density at radius 1 is 1.22 bits per heavy atom. The summed E-state index contributed by atoms with van der Waals surface area (Å²) in [5.74, 6) is 0. The van der Waals surface area contributed by atoms with Gasteiger partial charge in [0.2, 0.25) is 0 Å². The minimum atomic E-state index is -4.00. The predicted octanol–water partition coefficient (Wildman–Crippen LogP) is 3.31. The lowest BCUT2D eigenvalue weighted by atomic mass is 10.4. The molecule has 0 fully saturated rings. The monoisotopic (exact) mass is 294 g/mol. The topological polar surface area (TPSA) is 52.6 Å². The molecular formula is C11H16FO4PS. The molecule has 2 unspecified atom stereocenters. The van der Waals surface area contributed by atoms with Crippen molar-refractivity contribution in [3.05, 3.63) is 30.3 Å². The van der Waals surface area contributed by atoms with Gasteiger partial charge in [-0.2, -0.15) is 0 Å². The Morgan fingerprint density at radius 3 is 2.17 bits per heavy atom. The fourth-order valence-corrected chi connectivity index (χ4v) is 4.65. The molecule has 0 bridgehead atoms. The van der Waals surface area contributed by atoms with E-state index in [0.717, 1.165) is 0 Å². The lowest BCUT2D eigenvalue weighted by Gasteiger charge is -2.19. The highest BCUT2D eigenvalue weighted by Gasteiger charge is 2.41. The molecule has 4 nitrogen and oxygen atoms in total. The first-order chi connectivity index (χ1) is 8.55. The molecular weight excluding hydrogens is 278 g/mol. The highest BCUT2D eigenvalue weighted by molar-refractivity contribution is 7.93. The smallest absolute Gasteiger partial charge is 0.306 e. The van der Waals surface area contributed by atoms with Gasteiger partial charge in [0.15, 0.2) is 0 Å². The van der Waals surface area contributed by atoms with Crippen LogP contribution >= 0.6 is 7.60 Å². The zero-order chi connectivity index (χ0) is 13.6. The van der Waals surface area contributed by atoms with E-state index in [0.29, 0.717) is 0 Å². The summed E-state index contributed by atoms with van der Waals surface area (Å²) in [7, 11) is -6.08. The van der Waals surface area contributed by atoms with Crippen molar-refractivity contribution in [2.45, 2.75) is 24.0 Å². The zero-order valence-corrected chi connectivity index (χ0v) is 12.0. The summed E-state index contributed by atoms with van der Waals surface area (Å²) in [5, 5.41) is -2.18.